The molecule has 0 unspecified atom stereocenters. The number of nitrogens with one attached hydrogen (secondary N) is 1. The van der Waals surface area contributed by atoms with Gasteiger partial charge in [0, 0.05) is 18.3 Å². The van der Waals surface area contributed by atoms with Crippen LogP contribution in [0.15, 0.2) is 24.3 Å². The topological polar surface area (TPSA) is 58.4 Å². The molecule has 0 spiro atoms. The third-order valence-electron chi connectivity index (χ3n) is 2.44. The Morgan fingerprint density at radius 3 is 2.65 bits per heavy atom. The quantitative estimate of drug-likeness (QED) is 0.808. The monoisotopic (exact) mass is 305 g/mol. The Balaban J connectivity index is 2.62. The van der Waals surface area contributed by atoms with Gasteiger partial charge < -0.3 is 16.0 Å². The number of likely N-dealkylation sites (N-methyl/N-ethyl adjacent to an activating group) is 1. The molecule has 1 rings (SSSR count). The number of benzene rings is 1. The lowest BCUT2D eigenvalue weighted by molar-refractivity contribution is -0.137. The minimum absolute atomic E-state index is 0.198. The van der Waals surface area contributed by atoms with E-state index in [4.69, 9.17) is 18.0 Å². The number of alkyl halides is 3. The number of thiocarbonyl (C=S) groups is 1. The Hall–Kier alpha value is -1.83. The van der Waals surface area contributed by atoms with Crippen LogP contribution in [0, 0.1) is 0 Å². The summed E-state index contributed by atoms with van der Waals surface area (Å²) in [6.45, 7) is -1.54. The van der Waals surface area contributed by atoms with Gasteiger partial charge in [-0.15, -0.1) is 0 Å². The lowest BCUT2D eigenvalue weighted by Gasteiger charge is -2.19. The van der Waals surface area contributed by atoms with E-state index in [0.29, 0.717) is 11.3 Å². The number of carbonyl (C=O) groups is 1. The van der Waals surface area contributed by atoms with Gasteiger partial charge in [0.25, 0.3) is 0 Å². The Bertz CT molecular complexity index is 505. The molecule has 1 amide bonds. The molecule has 0 radical (unpaired) electrons. The number of anilines is 1. The van der Waals surface area contributed by atoms with Crippen LogP contribution in [0.2, 0.25) is 0 Å². The molecule has 0 bridgehead atoms. The van der Waals surface area contributed by atoms with Crippen molar-refractivity contribution in [3.63, 3.8) is 0 Å². The zero-order chi connectivity index (χ0) is 15.3. The van der Waals surface area contributed by atoms with E-state index >= 15 is 0 Å². The summed E-state index contributed by atoms with van der Waals surface area (Å²) in [7, 11) is 1.59. The van der Waals surface area contributed by atoms with Gasteiger partial charge in [-0.25, -0.2) is 0 Å². The predicted octanol–water partition coefficient (Wildman–Crippen LogP) is 1.44. The van der Waals surface area contributed by atoms with Crippen LogP contribution in [0.3, 0.4) is 0 Å². The van der Waals surface area contributed by atoms with Crippen LogP contribution >= 0.6 is 12.2 Å². The number of amides is 1. The van der Waals surface area contributed by atoms with Crippen molar-refractivity contribution in [2.45, 2.75) is 6.18 Å². The van der Waals surface area contributed by atoms with E-state index < -0.39 is 18.6 Å². The Labute approximate surface area is 119 Å². The van der Waals surface area contributed by atoms with Gasteiger partial charge in [0.2, 0.25) is 5.91 Å². The number of hydrogen-bond donors (Lipinski definition) is 2. The van der Waals surface area contributed by atoms with E-state index in [-0.39, 0.29) is 11.5 Å². The maximum absolute atomic E-state index is 12.0. The number of rotatable bonds is 5. The lowest BCUT2D eigenvalue weighted by atomic mass is 10.2. The zero-order valence-electron chi connectivity index (χ0n) is 10.7. The molecule has 110 valence electrons. The summed E-state index contributed by atoms with van der Waals surface area (Å²) in [6.07, 6.45) is -4.42. The van der Waals surface area contributed by atoms with Crippen LogP contribution in [-0.4, -0.2) is 37.2 Å². The first-order valence-electron chi connectivity index (χ1n) is 5.63. The van der Waals surface area contributed by atoms with Crippen molar-refractivity contribution in [2.75, 3.05) is 25.0 Å². The SMILES string of the molecule is CN(CC(=O)NCC(F)(F)F)c1cccc(C(N)=S)c1. The van der Waals surface area contributed by atoms with Gasteiger partial charge in [-0.3, -0.25) is 4.79 Å². The summed E-state index contributed by atoms with van der Waals surface area (Å²) in [6, 6.07) is 6.79. The molecule has 0 atom stereocenters. The van der Waals surface area contributed by atoms with Gasteiger partial charge >= 0.3 is 6.18 Å². The van der Waals surface area contributed by atoms with Crippen LogP contribution in [0.4, 0.5) is 18.9 Å². The van der Waals surface area contributed by atoms with E-state index in [9.17, 15) is 18.0 Å². The van der Waals surface area contributed by atoms with Crippen LogP contribution in [0.25, 0.3) is 0 Å². The van der Waals surface area contributed by atoms with Crippen molar-refractivity contribution >= 4 is 28.8 Å². The molecule has 8 heteroatoms. The molecule has 3 N–H and O–H groups in total. The minimum Gasteiger partial charge on any atom is -0.389 e. The lowest BCUT2D eigenvalue weighted by Crippen LogP contribution is -2.40. The molecule has 0 aliphatic carbocycles. The number of nitrogens with two attached hydrogens (primary N) is 1. The molecular weight excluding hydrogens is 291 g/mol. The molecule has 4 nitrogen and oxygen atoms in total. The Morgan fingerprint density at radius 1 is 1.45 bits per heavy atom. The second kappa shape index (κ2) is 6.56. The molecule has 1 aromatic carbocycles. The molecular formula is C12H14F3N3OS. The first kappa shape index (κ1) is 16.2. The highest BCUT2D eigenvalue weighted by molar-refractivity contribution is 7.80. The van der Waals surface area contributed by atoms with Gasteiger partial charge in [-0.1, -0.05) is 24.4 Å². The van der Waals surface area contributed by atoms with Crippen molar-refractivity contribution in [3.05, 3.63) is 29.8 Å². The molecule has 0 aliphatic rings. The molecule has 0 fully saturated rings. The molecule has 0 aliphatic heterocycles. The summed E-state index contributed by atoms with van der Waals surface area (Å²) in [5.74, 6) is -0.717. The summed E-state index contributed by atoms with van der Waals surface area (Å²) in [5, 5.41) is 1.80. The van der Waals surface area contributed by atoms with Crippen molar-refractivity contribution in [1.82, 2.24) is 5.32 Å². The van der Waals surface area contributed by atoms with Crippen LogP contribution < -0.4 is 16.0 Å². The van der Waals surface area contributed by atoms with E-state index in [1.165, 1.54) is 4.90 Å². The van der Waals surface area contributed by atoms with Crippen molar-refractivity contribution in [1.29, 1.82) is 0 Å². The average molecular weight is 305 g/mol. The third kappa shape index (κ3) is 5.43. The van der Waals surface area contributed by atoms with E-state index in [1.807, 2.05) is 0 Å². The Kier molecular flexibility index (Phi) is 5.32. The summed E-state index contributed by atoms with van der Waals surface area (Å²) < 4.78 is 35.9. The molecule has 20 heavy (non-hydrogen) atoms. The van der Waals surface area contributed by atoms with E-state index in [0.717, 1.165) is 0 Å². The average Bonchev–Trinajstić information content (AvgIpc) is 2.35. The van der Waals surface area contributed by atoms with Crippen LogP contribution in [0.1, 0.15) is 5.56 Å². The van der Waals surface area contributed by atoms with Crippen LogP contribution in [-0.2, 0) is 4.79 Å². The van der Waals surface area contributed by atoms with Gasteiger partial charge in [0.1, 0.15) is 11.5 Å². The largest absolute Gasteiger partial charge is 0.405 e. The van der Waals surface area contributed by atoms with Gasteiger partial charge in [-0.2, -0.15) is 13.2 Å². The zero-order valence-corrected chi connectivity index (χ0v) is 11.5. The van der Waals surface area contributed by atoms with Crippen LogP contribution in [0.5, 0.6) is 0 Å². The molecule has 0 heterocycles. The highest BCUT2D eigenvalue weighted by Crippen LogP contribution is 2.15. The second-order valence-electron chi connectivity index (χ2n) is 4.16. The highest BCUT2D eigenvalue weighted by Gasteiger charge is 2.27. The van der Waals surface area contributed by atoms with E-state index in [1.54, 1.807) is 36.6 Å². The highest BCUT2D eigenvalue weighted by atomic mass is 32.1. The van der Waals surface area contributed by atoms with Crippen molar-refractivity contribution in [3.8, 4) is 0 Å². The molecule has 0 saturated heterocycles. The van der Waals surface area contributed by atoms with Gasteiger partial charge in [0.05, 0.1) is 6.54 Å². The number of carbonyl (C=O) groups excluding carboxylic acids is 1. The smallest absolute Gasteiger partial charge is 0.389 e. The molecule has 1 aromatic rings. The van der Waals surface area contributed by atoms with Gasteiger partial charge in [-0.05, 0) is 12.1 Å². The molecule has 0 aromatic heterocycles. The maximum atomic E-state index is 12.0. The van der Waals surface area contributed by atoms with Crippen molar-refractivity contribution < 1.29 is 18.0 Å². The normalized spacial score (nSPS) is 11.0. The number of halogens is 3. The predicted molar refractivity (Wildman–Crippen MR) is 74.7 cm³/mol. The fraction of sp³-hybridized carbons (Fsp3) is 0.333. The fourth-order valence-electron chi connectivity index (χ4n) is 1.46. The standard InChI is InChI=1S/C12H14F3N3OS/c1-18(6-10(19)17-7-12(13,14)15)9-4-2-3-8(5-9)11(16)20/h2-5H,6-7H2,1H3,(H2,16,20)(H,17,19). The fourth-order valence-corrected chi connectivity index (χ4v) is 1.58. The Morgan fingerprint density at radius 2 is 2.10 bits per heavy atom. The first-order valence-corrected chi connectivity index (χ1v) is 6.04. The van der Waals surface area contributed by atoms with Crippen molar-refractivity contribution in [2.24, 2.45) is 5.73 Å². The summed E-state index contributed by atoms with van der Waals surface area (Å²) in [4.78, 5) is 13.1. The summed E-state index contributed by atoms with van der Waals surface area (Å²) in [5.41, 5.74) is 6.75. The first-order chi connectivity index (χ1) is 9.19. The summed E-state index contributed by atoms with van der Waals surface area (Å²) >= 11 is 4.83. The molecule has 0 saturated carbocycles. The minimum atomic E-state index is -4.42. The number of hydrogen-bond acceptors (Lipinski definition) is 3. The van der Waals surface area contributed by atoms with E-state index in [2.05, 4.69) is 0 Å². The third-order valence-corrected chi connectivity index (χ3v) is 2.67. The maximum Gasteiger partial charge on any atom is 0.405 e. The van der Waals surface area contributed by atoms with Gasteiger partial charge in [0.15, 0.2) is 0 Å². The number of nitrogens with zero attached hydrogens (tertiary/aromatic N) is 1. The second-order valence-corrected chi connectivity index (χ2v) is 4.60.